The van der Waals surface area contributed by atoms with Gasteiger partial charge in [-0.05, 0) is 32.2 Å². The van der Waals surface area contributed by atoms with Crippen molar-refractivity contribution in [3.05, 3.63) is 0 Å². The van der Waals surface area contributed by atoms with Crippen molar-refractivity contribution in [1.82, 2.24) is 4.90 Å². The van der Waals surface area contributed by atoms with Gasteiger partial charge in [-0.3, -0.25) is 0 Å². The predicted octanol–water partition coefficient (Wildman–Crippen LogP) is 3.79. The summed E-state index contributed by atoms with van der Waals surface area (Å²) in [6.07, 6.45) is 10.8. The van der Waals surface area contributed by atoms with Gasteiger partial charge in [-0.25, -0.2) is 0 Å². The van der Waals surface area contributed by atoms with Crippen molar-refractivity contribution in [3.63, 3.8) is 0 Å². The lowest BCUT2D eigenvalue weighted by atomic mass is 9.89. The van der Waals surface area contributed by atoms with Crippen molar-refractivity contribution < 1.29 is 0 Å². The molecule has 1 heterocycles. The van der Waals surface area contributed by atoms with Gasteiger partial charge in [0, 0.05) is 18.6 Å². The highest BCUT2D eigenvalue weighted by molar-refractivity contribution is 4.84. The number of hydrogen-bond acceptors (Lipinski definition) is 2. The van der Waals surface area contributed by atoms with E-state index in [4.69, 9.17) is 5.73 Å². The zero-order valence-corrected chi connectivity index (χ0v) is 12.8. The van der Waals surface area contributed by atoms with Gasteiger partial charge in [-0.1, -0.05) is 52.4 Å². The van der Waals surface area contributed by atoms with Gasteiger partial charge in [-0.15, -0.1) is 0 Å². The van der Waals surface area contributed by atoms with Gasteiger partial charge in [-0.2, -0.15) is 0 Å². The number of nitrogens with two attached hydrogens (primary N) is 1. The van der Waals surface area contributed by atoms with Gasteiger partial charge >= 0.3 is 0 Å². The molecule has 2 nitrogen and oxygen atoms in total. The van der Waals surface area contributed by atoms with Crippen molar-refractivity contribution in [2.24, 2.45) is 11.7 Å². The first-order valence-electron chi connectivity index (χ1n) is 8.18. The third kappa shape index (κ3) is 5.27. The maximum absolute atomic E-state index is 6.18. The van der Waals surface area contributed by atoms with Crippen LogP contribution >= 0.6 is 0 Å². The van der Waals surface area contributed by atoms with E-state index in [0.29, 0.717) is 6.04 Å². The Labute approximate surface area is 114 Å². The molecule has 108 valence electrons. The lowest BCUT2D eigenvalue weighted by Gasteiger charge is -2.40. The van der Waals surface area contributed by atoms with Gasteiger partial charge in [0.2, 0.25) is 0 Å². The number of unbranched alkanes of at least 4 members (excludes halogenated alkanes) is 4. The fraction of sp³-hybridized carbons (Fsp3) is 1.00. The number of piperidine rings is 1. The molecule has 3 atom stereocenters. The van der Waals surface area contributed by atoms with Crippen LogP contribution in [0.4, 0.5) is 0 Å². The summed E-state index contributed by atoms with van der Waals surface area (Å²) in [7, 11) is 0. The Morgan fingerprint density at radius 3 is 2.56 bits per heavy atom. The van der Waals surface area contributed by atoms with Crippen LogP contribution in [0.5, 0.6) is 0 Å². The molecule has 0 bridgehead atoms. The smallest absolute Gasteiger partial charge is 0.00914 e. The lowest BCUT2D eigenvalue weighted by molar-refractivity contribution is 0.108. The maximum atomic E-state index is 6.18. The van der Waals surface area contributed by atoms with Crippen LogP contribution in [0.1, 0.15) is 72.1 Å². The highest BCUT2D eigenvalue weighted by atomic mass is 15.2. The lowest BCUT2D eigenvalue weighted by Crippen LogP contribution is -2.49. The van der Waals surface area contributed by atoms with E-state index < -0.39 is 0 Å². The number of likely N-dealkylation sites (tertiary alicyclic amines) is 1. The Kier molecular flexibility index (Phi) is 7.92. The molecule has 3 unspecified atom stereocenters. The largest absolute Gasteiger partial charge is 0.327 e. The summed E-state index contributed by atoms with van der Waals surface area (Å²) in [6, 6.07) is 1.20. The fourth-order valence-electron chi connectivity index (χ4n) is 3.14. The topological polar surface area (TPSA) is 29.3 Å². The second kappa shape index (κ2) is 8.92. The Bertz CT molecular complexity index is 205. The normalized spacial score (nSPS) is 27.3. The van der Waals surface area contributed by atoms with Crippen molar-refractivity contribution in [3.8, 4) is 0 Å². The molecule has 1 fully saturated rings. The molecular weight excluding hydrogens is 220 g/mol. The summed E-state index contributed by atoms with van der Waals surface area (Å²) < 4.78 is 0. The van der Waals surface area contributed by atoms with Crippen LogP contribution < -0.4 is 5.73 Å². The van der Waals surface area contributed by atoms with E-state index in [0.717, 1.165) is 12.0 Å². The molecule has 0 aromatic rings. The monoisotopic (exact) mass is 254 g/mol. The zero-order chi connectivity index (χ0) is 13.4. The molecule has 0 aromatic heterocycles. The first kappa shape index (κ1) is 16.0. The Balaban J connectivity index is 2.18. The average Bonchev–Trinajstić information content (AvgIpc) is 2.38. The van der Waals surface area contributed by atoms with E-state index in [2.05, 4.69) is 25.7 Å². The van der Waals surface area contributed by atoms with Gasteiger partial charge in [0.05, 0.1) is 0 Å². The molecule has 1 aliphatic heterocycles. The minimum Gasteiger partial charge on any atom is -0.327 e. The second-order valence-electron chi connectivity index (χ2n) is 6.17. The molecule has 2 heteroatoms. The molecule has 0 aromatic carbocycles. The predicted molar refractivity (Wildman–Crippen MR) is 80.8 cm³/mol. The van der Waals surface area contributed by atoms with Crippen LogP contribution in [0.15, 0.2) is 0 Å². The summed E-state index contributed by atoms with van der Waals surface area (Å²) in [5, 5.41) is 0. The number of hydrogen-bond donors (Lipinski definition) is 1. The van der Waals surface area contributed by atoms with E-state index >= 15 is 0 Å². The van der Waals surface area contributed by atoms with Crippen LogP contribution in [-0.2, 0) is 0 Å². The number of nitrogens with zero attached hydrogens (tertiary/aromatic N) is 1. The van der Waals surface area contributed by atoms with Crippen LogP contribution in [0.3, 0.4) is 0 Å². The summed E-state index contributed by atoms with van der Waals surface area (Å²) in [5.74, 6) is 0.723. The molecule has 0 spiro atoms. The van der Waals surface area contributed by atoms with E-state index in [-0.39, 0.29) is 0 Å². The Hall–Kier alpha value is -0.0800. The third-order valence-electron chi connectivity index (χ3n) is 4.70. The minimum atomic E-state index is 0.447. The Morgan fingerprint density at radius 2 is 1.89 bits per heavy atom. The highest BCUT2D eigenvalue weighted by Crippen LogP contribution is 2.22. The standard InChI is InChI=1S/C16H34N2/c1-4-6-7-8-9-10-14(3)18-12-11-16(17)15(5-2)13-18/h14-16H,4-13,17H2,1-3H3. The molecule has 2 N–H and O–H groups in total. The van der Waals surface area contributed by atoms with E-state index in [1.54, 1.807) is 0 Å². The van der Waals surface area contributed by atoms with E-state index in [1.165, 1.54) is 64.5 Å². The van der Waals surface area contributed by atoms with Gasteiger partial charge in [0.25, 0.3) is 0 Å². The van der Waals surface area contributed by atoms with Crippen molar-refractivity contribution in [1.29, 1.82) is 0 Å². The number of rotatable bonds is 8. The first-order chi connectivity index (χ1) is 8.69. The summed E-state index contributed by atoms with van der Waals surface area (Å²) >= 11 is 0. The van der Waals surface area contributed by atoms with E-state index in [9.17, 15) is 0 Å². The maximum Gasteiger partial charge on any atom is 0.00914 e. The SMILES string of the molecule is CCCCCCCC(C)N1CCC(N)C(CC)C1. The fourth-order valence-corrected chi connectivity index (χ4v) is 3.14. The first-order valence-corrected chi connectivity index (χ1v) is 8.18. The van der Waals surface area contributed by atoms with Gasteiger partial charge in [0.15, 0.2) is 0 Å². The van der Waals surface area contributed by atoms with Crippen molar-refractivity contribution in [2.75, 3.05) is 13.1 Å². The highest BCUT2D eigenvalue weighted by Gasteiger charge is 2.27. The van der Waals surface area contributed by atoms with Crippen LogP contribution in [0.2, 0.25) is 0 Å². The molecule has 0 radical (unpaired) electrons. The summed E-state index contributed by atoms with van der Waals surface area (Å²) in [4.78, 5) is 2.68. The Morgan fingerprint density at radius 1 is 1.17 bits per heavy atom. The molecule has 1 aliphatic rings. The summed E-state index contributed by atoms with van der Waals surface area (Å²) in [5.41, 5.74) is 6.18. The van der Waals surface area contributed by atoms with Crippen molar-refractivity contribution >= 4 is 0 Å². The molecule has 0 saturated carbocycles. The van der Waals surface area contributed by atoms with E-state index in [1.807, 2.05) is 0 Å². The molecule has 1 rings (SSSR count). The van der Waals surface area contributed by atoms with Gasteiger partial charge in [0.1, 0.15) is 0 Å². The second-order valence-corrected chi connectivity index (χ2v) is 6.17. The quantitative estimate of drug-likeness (QED) is 0.668. The van der Waals surface area contributed by atoms with Crippen molar-refractivity contribution in [2.45, 2.75) is 84.2 Å². The molecule has 18 heavy (non-hydrogen) atoms. The molecule has 0 aliphatic carbocycles. The van der Waals surface area contributed by atoms with Crippen LogP contribution in [0, 0.1) is 5.92 Å². The van der Waals surface area contributed by atoms with Crippen LogP contribution in [0.25, 0.3) is 0 Å². The molecule has 1 saturated heterocycles. The molecular formula is C16H34N2. The van der Waals surface area contributed by atoms with Gasteiger partial charge < -0.3 is 10.6 Å². The third-order valence-corrected chi connectivity index (χ3v) is 4.70. The summed E-state index contributed by atoms with van der Waals surface area (Å²) in [6.45, 7) is 9.42. The minimum absolute atomic E-state index is 0.447. The molecule has 0 amide bonds. The van der Waals surface area contributed by atoms with Crippen LogP contribution in [-0.4, -0.2) is 30.1 Å². The average molecular weight is 254 g/mol. The zero-order valence-electron chi connectivity index (χ0n) is 12.8.